The Morgan fingerprint density at radius 1 is 0.952 bits per heavy atom. The summed E-state index contributed by atoms with van der Waals surface area (Å²) in [6.45, 7) is 7.47. The molecule has 0 spiro atoms. The lowest BCUT2D eigenvalue weighted by Crippen LogP contribution is -2.36. The van der Waals surface area contributed by atoms with E-state index in [1.54, 1.807) is 18.2 Å². The number of carbonyl (C=O) groups excluding carboxylic acids is 3. The molecule has 42 heavy (non-hydrogen) atoms. The Bertz CT molecular complexity index is 1500. The van der Waals surface area contributed by atoms with Gasteiger partial charge in [-0.3, -0.25) is 9.59 Å². The van der Waals surface area contributed by atoms with E-state index < -0.39 is 5.97 Å². The van der Waals surface area contributed by atoms with E-state index in [0.29, 0.717) is 45.8 Å². The van der Waals surface area contributed by atoms with Gasteiger partial charge in [-0.15, -0.1) is 0 Å². The number of nitrogens with one attached hydrogen (secondary N) is 3. The van der Waals surface area contributed by atoms with Gasteiger partial charge in [-0.25, -0.2) is 4.79 Å². The van der Waals surface area contributed by atoms with E-state index in [-0.39, 0.29) is 11.8 Å². The standard InChI is InChI=1S/C33H37N5O4/c1-22-20-27-28(21-26(22)33(41)42-3)36-32(40)29(27)30(23-8-5-4-6-9-23)35-25-12-10-24(11-13-25)31(39)34-14-17-38-16-7-15-37(2)18-19-38/h4-6,8-13,20-21,35H,7,14-19H2,1-3H3,(H,34,39)(H,36,40). The largest absolute Gasteiger partial charge is 0.465 e. The molecule has 9 nitrogen and oxygen atoms in total. The molecule has 3 aromatic rings. The van der Waals surface area contributed by atoms with Crippen LogP contribution in [0.15, 0.2) is 66.7 Å². The predicted octanol–water partition coefficient (Wildman–Crippen LogP) is 4.08. The van der Waals surface area contributed by atoms with Gasteiger partial charge >= 0.3 is 5.97 Å². The fourth-order valence-electron chi connectivity index (χ4n) is 5.39. The molecule has 218 valence electrons. The summed E-state index contributed by atoms with van der Waals surface area (Å²) in [6, 6.07) is 20.3. The third-order valence-electron chi connectivity index (χ3n) is 7.77. The molecule has 0 saturated carbocycles. The number of hydrogen-bond donors (Lipinski definition) is 3. The van der Waals surface area contributed by atoms with Crippen LogP contribution >= 0.6 is 0 Å². The van der Waals surface area contributed by atoms with Crippen LogP contribution in [0.4, 0.5) is 11.4 Å². The third-order valence-corrected chi connectivity index (χ3v) is 7.77. The maximum absolute atomic E-state index is 13.3. The highest BCUT2D eigenvalue weighted by Gasteiger charge is 2.30. The monoisotopic (exact) mass is 567 g/mol. The number of methoxy groups -OCH3 is 1. The number of hydrogen-bond acceptors (Lipinski definition) is 7. The minimum absolute atomic E-state index is 0.115. The van der Waals surface area contributed by atoms with Crippen LogP contribution in [-0.4, -0.2) is 81.0 Å². The molecule has 5 rings (SSSR count). The van der Waals surface area contributed by atoms with Gasteiger partial charge in [0.25, 0.3) is 11.8 Å². The van der Waals surface area contributed by atoms with Gasteiger partial charge in [0.15, 0.2) is 0 Å². The number of aryl methyl sites for hydroxylation is 1. The Labute approximate surface area is 246 Å². The minimum atomic E-state index is -0.456. The summed E-state index contributed by atoms with van der Waals surface area (Å²) in [5.74, 6) is -0.844. The van der Waals surface area contributed by atoms with Crippen molar-refractivity contribution >= 4 is 40.4 Å². The zero-order valence-electron chi connectivity index (χ0n) is 24.3. The first-order valence-electron chi connectivity index (χ1n) is 14.2. The van der Waals surface area contributed by atoms with Crippen LogP contribution < -0.4 is 16.0 Å². The fraction of sp³-hybridized carbons (Fsp3) is 0.303. The van der Waals surface area contributed by atoms with Gasteiger partial charge in [0.1, 0.15) is 0 Å². The molecule has 0 bridgehead atoms. The Morgan fingerprint density at radius 3 is 2.45 bits per heavy atom. The lowest BCUT2D eigenvalue weighted by molar-refractivity contribution is -0.110. The average Bonchev–Trinajstić information content (AvgIpc) is 3.16. The summed E-state index contributed by atoms with van der Waals surface area (Å²) in [4.78, 5) is 43.1. The van der Waals surface area contributed by atoms with Crippen molar-refractivity contribution in [3.8, 4) is 0 Å². The smallest absolute Gasteiger partial charge is 0.338 e. The molecule has 1 saturated heterocycles. The van der Waals surface area contributed by atoms with E-state index in [0.717, 1.165) is 50.4 Å². The van der Waals surface area contributed by atoms with Crippen molar-refractivity contribution in [3.63, 3.8) is 0 Å². The Balaban J connectivity index is 1.35. The summed E-state index contributed by atoms with van der Waals surface area (Å²) in [7, 11) is 3.48. The second kappa shape index (κ2) is 13.0. The van der Waals surface area contributed by atoms with Crippen molar-refractivity contribution in [2.24, 2.45) is 0 Å². The molecule has 0 radical (unpaired) electrons. The molecule has 0 aromatic heterocycles. The predicted molar refractivity (Wildman–Crippen MR) is 165 cm³/mol. The van der Waals surface area contributed by atoms with Gasteiger partial charge in [-0.05, 0) is 81.0 Å². The van der Waals surface area contributed by atoms with Crippen molar-refractivity contribution in [2.75, 3.05) is 64.1 Å². The van der Waals surface area contributed by atoms with Gasteiger partial charge in [0.2, 0.25) is 0 Å². The number of rotatable bonds is 8. The van der Waals surface area contributed by atoms with Crippen molar-refractivity contribution in [2.45, 2.75) is 13.3 Å². The molecule has 0 unspecified atom stereocenters. The van der Waals surface area contributed by atoms with Gasteiger partial charge in [0.05, 0.1) is 29.6 Å². The number of fused-ring (bicyclic) bond motifs is 1. The summed E-state index contributed by atoms with van der Waals surface area (Å²) < 4.78 is 4.90. The van der Waals surface area contributed by atoms with Crippen molar-refractivity contribution in [1.29, 1.82) is 0 Å². The van der Waals surface area contributed by atoms with Crippen LogP contribution in [0.1, 0.15) is 43.8 Å². The lowest BCUT2D eigenvalue weighted by atomic mass is 9.96. The first-order chi connectivity index (χ1) is 20.3. The van der Waals surface area contributed by atoms with Crippen LogP contribution in [0, 0.1) is 6.92 Å². The summed E-state index contributed by atoms with van der Waals surface area (Å²) in [5.41, 5.74) is 5.58. The summed E-state index contributed by atoms with van der Waals surface area (Å²) >= 11 is 0. The number of esters is 1. The average molecular weight is 568 g/mol. The topological polar surface area (TPSA) is 103 Å². The zero-order chi connectivity index (χ0) is 29.6. The molecular formula is C33H37N5O4. The highest BCUT2D eigenvalue weighted by Crippen LogP contribution is 2.39. The molecule has 9 heteroatoms. The third kappa shape index (κ3) is 6.53. The highest BCUT2D eigenvalue weighted by molar-refractivity contribution is 6.37. The SMILES string of the molecule is COC(=O)c1cc2c(cc1C)C(=C(Nc1ccc(C(=O)NCCN3CCCN(C)CC3)cc1)c1ccccc1)C(=O)N2. The number of anilines is 2. The second-order valence-electron chi connectivity index (χ2n) is 10.7. The van der Waals surface area contributed by atoms with Crippen molar-refractivity contribution < 1.29 is 19.1 Å². The summed E-state index contributed by atoms with van der Waals surface area (Å²) in [5, 5.41) is 9.36. The maximum Gasteiger partial charge on any atom is 0.338 e. The molecule has 2 aliphatic rings. The molecule has 3 aromatic carbocycles. The number of nitrogens with zero attached hydrogens (tertiary/aromatic N) is 2. The number of carbonyl (C=O) groups is 3. The minimum Gasteiger partial charge on any atom is -0.465 e. The molecule has 1 fully saturated rings. The fourth-order valence-corrected chi connectivity index (χ4v) is 5.39. The van der Waals surface area contributed by atoms with Crippen LogP contribution in [0.2, 0.25) is 0 Å². The van der Waals surface area contributed by atoms with E-state index in [4.69, 9.17) is 4.74 Å². The van der Waals surface area contributed by atoms with Crippen LogP contribution in [-0.2, 0) is 9.53 Å². The van der Waals surface area contributed by atoms with Gasteiger partial charge in [0, 0.05) is 43.0 Å². The normalized spacial score (nSPS) is 16.7. The number of likely N-dealkylation sites (N-methyl/N-ethyl adjacent to an activating group) is 1. The molecule has 2 aliphatic heterocycles. The van der Waals surface area contributed by atoms with E-state index in [1.807, 2.05) is 55.5 Å². The molecule has 3 N–H and O–H groups in total. The first kappa shape index (κ1) is 29.0. The van der Waals surface area contributed by atoms with Crippen molar-refractivity contribution in [1.82, 2.24) is 15.1 Å². The summed E-state index contributed by atoms with van der Waals surface area (Å²) in [6.07, 6.45) is 1.14. The van der Waals surface area contributed by atoms with Crippen molar-refractivity contribution in [3.05, 3.63) is 94.5 Å². The number of benzene rings is 3. The maximum atomic E-state index is 13.3. The quantitative estimate of drug-likeness (QED) is 0.278. The van der Waals surface area contributed by atoms with Crippen LogP contribution in [0.5, 0.6) is 0 Å². The van der Waals surface area contributed by atoms with E-state index in [9.17, 15) is 14.4 Å². The first-order valence-corrected chi connectivity index (χ1v) is 14.2. The van der Waals surface area contributed by atoms with Gasteiger partial charge < -0.3 is 30.5 Å². The number of ether oxygens (including phenoxy) is 1. The molecule has 0 aliphatic carbocycles. The van der Waals surface area contributed by atoms with Crippen LogP contribution in [0.25, 0.3) is 11.3 Å². The molecule has 0 atom stereocenters. The van der Waals surface area contributed by atoms with E-state index >= 15 is 0 Å². The van der Waals surface area contributed by atoms with Gasteiger partial charge in [-0.2, -0.15) is 0 Å². The Kier molecular flexibility index (Phi) is 9.00. The molecular weight excluding hydrogens is 530 g/mol. The molecule has 2 amide bonds. The lowest BCUT2D eigenvalue weighted by Gasteiger charge is -2.20. The van der Waals surface area contributed by atoms with Gasteiger partial charge in [-0.1, -0.05) is 30.3 Å². The zero-order valence-corrected chi connectivity index (χ0v) is 24.3. The van der Waals surface area contributed by atoms with E-state index in [1.165, 1.54) is 7.11 Å². The van der Waals surface area contributed by atoms with E-state index in [2.05, 4.69) is 32.8 Å². The van der Waals surface area contributed by atoms with Crippen LogP contribution in [0.3, 0.4) is 0 Å². The Hall–Kier alpha value is -4.47. The Morgan fingerprint density at radius 2 is 1.71 bits per heavy atom. The number of amides is 2. The second-order valence-corrected chi connectivity index (χ2v) is 10.7. The highest BCUT2D eigenvalue weighted by atomic mass is 16.5. The molecule has 2 heterocycles.